The van der Waals surface area contributed by atoms with E-state index in [9.17, 15) is 4.79 Å². The second-order valence-corrected chi connectivity index (χ2v) is 5.00. The Balaban J connectivity index is 1.66. The number of nitrogens with one attached hydrogen (secondary N) is 1. The lowest BCUT2D eigenvalue weighted by atomic mass is 10.1. The SMILES string of the molecule is Cc1cccc(OCCNC(=O)COc2ccccc2)c1C. The molecule has 4 heteroatoms. The first-order chi connectivity index (χ1) is 10.7. The molecule has 0 unspecified atom stereocenters. The minimum absolute atomic E-state index is 0.00743. The Morgan fingerprint density at radius 2 is 1.77 bits per heavy atom. The number of amides is 1. The maximum Gasteiger partial charge on any atom is 0.258 e. The van der Waals surface area contributed by atoms with Gasteiger partial charge in [-0.1, -0.05) is 30.3 Å². The van der Waals surface area contributed by atoms with E-state index >= 15 is 0 Å². The van der Waals surface area contributed by atoms with Crippen LogP contribution in [0.4, 0.5) is 0 Å². The van der Waals surface area contributed by atoms with Gasteiger partial charge in [-0.05, 0) is 43.2 Å². The molecular formula is C18H21NO3. The summed E-state index contributed by atoms with van der Waals surface area (Å²) in [7, 11) is 0. The van der Waals surface area contributed by atoms with Crippen molar-refractivity contribution in [3.8, 4) is 11.5 Å². The van der Waals surface area contributed by atoms with Crippen molar-refractivity contribution in [1.82, 2.24) is 5.32 Å². The summed E-state index contributed by atoms with van der Waals surface area (Å²) in [4.78, 5) is 11.7. The maximum absolute atomic E-state index is 11.7. The van der Waals surface area contributed by atoms with Gasteiger partial charge in [-0.2, -0.15) is 0 Å². The predicted octanol–water partition coefficient (Wildman–Crippen LogP) is 2.88. The third-order valence-corrected chi connectivity index (χ3v) is 3.35. The third kappa shape index (κ3) is 4.81. The summed E-state index contributed by atoms with van der Waals surface area (Å²) >= 11 is 0. The van der Waals surface area contributed by atoms with E-state index in [1.54, 1.807) is 0 Å². The first kappa shape index (κ1) is 15.9. The largest absolute Gasteiger partial charge is 0.491 e. The highest BCUT2D eigenvalue weighted by Gasteiger charge is 2.04. The molecule has 2 aromatic rings. The quantitative estimate of drug-likeness (QED) is 0.800. The highest BCUT2D eigenvalue weighted by Crippen LogP contribution is 2.20. The highest BCUT2D eigenvalue weighted by molar-refractivity contribution is 5.77. The molecule has 0 saturated heterocycles. The predicted molar refractivity (Wildman–Crippen MR) is 86.4 cm³/mol. The van der Waals surface area contributed by atoms with Crippen LogP contribution in [0, 0.1) is 13.8 Å². The Kier molecular flexibility index (Phi) is 5.83. The molecule has 0 aliphatic heterocycles. The molecule has 0 saturated carbocycles. The molecule has 1 N–H and O–H groups in total. The van der Waals surface area contributed by atoms with Crippen molar-refractivity contribution < 1.29 is 14.3 Å². The summed E-state index contributed by atoms with van der Waals surface area (Å²) in [5.41, 5.74) is 2.32. The Hall–Kier alpha value is -2.49. The van der Waals surface area contributed by atoms with Gasteiger partial charge in [-0.25, -0.2) is 0 Å². The van der Waals surface area contributed by atoms with E-state index in [1.807, 2.05) is 62.4 Å². The van der Waals surface area contributed by atoms with Gasteiger partial charge in [-0.15, -0.1) is 0 Å². The lowest BCUT2D eigenvalue weighted by Crippen LogP contribution is -2.32. The number of benzene rings is 2. The van der Waals surface area contributed by atoms with Crippen LogP contribution >= 0.6 is 0 Å². The molecule has 0 aliphatic rings. The van der Waals surface area contributed by atoms with Crippen molar-refractivity contribution in [2.75, 3.05) is 19.8 Å². The topological polar surface area (TPSA) is 47.6 Å². The smallest absolute Gasteiger partial charge is 0.258 e. The van der Waals surface area contributed by atoms with E-state index in [-0.39, 0.29) is 12.5 Å². The molecule has 0 radical (unpaired) electrons. The fourth-order valence-electron chi connectivity index (χ4n) is 1.95. The number of carbonyl (C=O) groups is 1. The minimum Gasteiger partial charge on any atom is -0.491 e. The number of para-hydroxylation sites is 1. The van der Waals surface area contributed by atoms with E-state index in [1.165, 1.54) is 5.56 Å². The van der Waals surface area contributed by atoms with Crippen molar-refractivity contribution in [2.45, 2.75) is 13.8 Å². The van der Waals surface area contributed by atoms with Gasteiger partial charge in [0.1, 0.15) is 18.1 Å². The number of carbonyl (C=O) groups excluding carboxylic acids is 1. The second kappa shape index (κ2) is 8.08. The fourth-order valence-corrected chi connectivity index (χ4v) is 1.95. The van der Waals surface area contributed by atoms with Gasteiger partial charge in [0, 0.05) is 0 Å². The molecule has 0 heterocycles. The van der Waals surface area contributed by atoms with E-state index in [0.717, 1.165) is 11.3 Å². The Bertz CT molecular complexity index is 611. The summed E-state index contributed by atoms with van der Waals surface area (Å²) in [5, 5.41) is 2.77. The zero-order valence-electron chi connectivity index (χ0n) is 13.0. The number of aryl methyl sites for hydroxylation is 1. The number of hydrogen-bond acceptors (Lipinski definition) is 3. The van der Waals surface area contributed by atoms with E-state index in [4.69, 9.17) is 9.47 Å². The summed E-state index contributed by atoms with van der Waals surface area (Å²) in [6.45, 7) is 4.96. The van der Waals surface area contributed by atoms with Gasteiger partial charge >= 0.3 is 0 Å². The van der Waals surface area contributed by atoms with Crippen LogP contribution in [0.1, 0.15) is 11.1 Å². The van der Waals surface area contributed by atoms with E-state index in [0.29, 0.717) is 18.9 Å². The van der Waals surface area contributed by atoms with Crippen LogP contribution in [-0.4, -0.2) is 25.7 Å². The number of ether oxygens (including phenoxy) is 2. The van der Waals surface area contributed by atoms with Gasteiger partial charge in [0.05, 0.1) is 6.54 Å². The van der Waals surface area contributed by atoms with Gasteiger partial charge in [0.2, 0.25) is 0 Å². The molecule has 2 aromatic carbocycles. The van der Waals surface area contributed by atoms with Gasteiger partial charge in [0.25, 0.3) is 5.91 Å². The van der Waals surface area contributed by atoms with E-state index in [2.05, 4.69) is 5.32 Å². The molecule has 2 rings (SSSR count). The zero-order chi connectivity index (χ0) is 15.8. The standard InChI is InChI=1S/C18H21NO3/c1-14-7-6-10-17(15(14)2)21-12-11-19-18(20)13-22-16-8-4-3-5-9-16/h3-10H,11-13H2,1-2H3,(H,19,20). The maximum atomic E-state index is 11.7. The van der Waals surface area contributed by atoms with Crippen LogP contribution in [0.5, 0.6) is 11.5 Å². The van der Waals surface area contributed by atoms with Crippen LogP contribution < -0.4 is 14.8 Å². The zero-order valence-corrected chi connectivity index (χ0v) is 13.0. The van der Waals surface area contributed by atoms with Gasteiger partial charge < -0.3 is 14.8 Å². The lowest BCUT2D eigenvalue weighted by Gasteiger charge is -2.11. The monoisotopic (exact) mass is 299 g/mol. The van der Waals surface area contributed by atoms with Crippen LogP contribution in [0.3, 0.4) is 0 Å². The molecule has 1 amide bonds. The molecule has 116 valence electrons. The van der Waals surface area contributed by atoms with Crippen LogP contribution in [0.2, 0.25) is 0 Å². The lowest BCUT2D eigenvalue weighted by molar-refractivity contribution is -0.123. The van der Waals surface area contributed by atoms with Gasteiger partial charge in [-0.3, -0.25) is 4.79 Å². The molecule has 0 fully saturated rings. The Labute approximate surface area is 131 Å². The summed E-state index contributed by atoms with van der Waals surface area (Å²) in [6.07, 6.45) is 0. The first-order valence-corrected chi connectivity index (χ1v) is 7.30. The minimum atomic E-state index is -0.159. The first-order valence-electron chi connectivity index (χ1n) is 7.30. The van der Waals surface area contributed by atoms with Crippen molar-refractivity contribution in [3.63, 3.8) is 0 Å². The molecule has 0 aliphatic carbocycles. The molecule has 0 aromatic heterocycles. The molecular weight excluding hydrogens is 278 g/mol. The second-order valence-electron chi connectivity index (χ2n) is 5.00. The Morgan fingerprint density at radius 1 is 1.00 bits per heavy atom. The van der Waals surface area contributed by atoms with Gasteiger partial charge in [0.15, 0.2) is 6.61 Å². The van der Waals surface area contributed by atoms with Crippen molar-refractivity contribution >= 4 is 5.91 Å². The summed E-state index contributed by atoms with van der Waals surface area (Å²) in [5.74, 6) is 1.38. The Morgan fingerprint density at radius 3 is 2.55 bits per heavy atom. The summed E-state index contributed by atoms with van der Waals surface area (Å²) < 4.78 is 11.0. The molecule has 22 heavy (non-hydrogen) atoms. The van der Waals surface area contributed by atoms with Crippen molar-refractivity contribution in [2.24, 2.45) is 0 Å². The van der Waals surface area contributed by atoms with Crippen LogP contribution in [0.15, 0.2) is 48.5 Å². The molecule has 0 atom stereocenters. The molecule has 0 bridgehead atoms. The van der Waals surface area contributed by atoms with E-state index < -0.39 is 0 Å². The third-order valence-electron chi connectivity index (χ3n) is 3.35. The summed E-state index contributed by atoms with van der Waals surface area (Å²) in [6, 6.07) is 15.2. The normalized spacial score (nSPS) is 10.1. The van der Waals surface area contributed by atoms with Crippen molar-refractivity contribution in [1.29, 1.82) is 0 Å². The van der Waals surface area contributed by atoms with Crippen molar-refractivity contribution in [3.05, 3.63) is 59.7 Å². The number of rotatable bonds is 7. The average Bonchev–Trinajstić information content (AvgIpc) is 2.54. The van der Waals surface area contributed by atoms with Crippen LogP contribution in [-0.2, 0) is 4.79 Å². The van der Waals surface area contributed by atoms with Crippen LogP contribution in [0.25, 0.3) is 0 Å². The molecule has 4 nitrogen and oxygen atoms in total. The highest BCUT2D eigenvalue weighted by atomic mass is 16.5. The molecule has 0 spiro atoms. The average molecular weight is 299 g/mol. The number of hydrogen-bond donors (Lipinski definition) is 1. The fraction of sp³-hybridized carbons (Fsp3) is 0.278.